The van der Waals surface area contributed by atoms with Crippen LogP contribution in [0.2, 0.25) is 0 Å². The topological polar surface area (TPSA) is 70.6 Å². The standard InChI is InChI=1S/C13H18F3N3O/c1-8(2)9-5-3-4-6-11(9)18-7-10(12(17)19-20)13(14,15)16/h3-6,8,10,18,20H,7H2,1-2H3,(H2,17,19). The smallest absolute Gasteiger partial charge is 0.400 e. The summed E-state index contributed by atoms with van der Waals surface area (Å²) < 4.78 is 38.4. The van der Waals surface area contributed by atoms with Crippen LogP contribution in [-0.2, 0) is 0 Å². The number of benzene rings is 1. The summed E-state index contributed by atoms with van der Waals surface area (Å²) in [6.45, 7) is 3.42. The number of nitrogens with one attached hydrogen (secondary N) is 1. The van der Waals surface area contributed by atoms with Gasteiger partial charge in [0.25, 0.3) is 0 Å². The van der Waals surface area contributed by atoms with Gasteiger partial charge in [-0.05, 0) is 17.5 Å². The van der Waals surface area contributed by atoms with E-state index in [1.54, 1.807) is 12.1 Å². The van der Waals surface area contributed by atoms with Crippen molar-refractivity contribution in [2.24, 2.45) is 16.8 Å². The van der Waals surface area contributed by atoms with Crippen LogP contribution in [0.4, 0.5) is 18.9 Å². The highest BCUT2D eigenvalue weighted by molar-refractivity contribution is 5.83. The molecule has 0 spiro atoms. The monoisotopic (exact) mass is 289 g/mol. The maximum atomic E-state index is 12.8. The van der Waals surface area contributed by atoms with Crippen molar-refractivity contribution in [2.75, 3.05) is 11.9 Å². The fourth-order valence-corrected chi connectivity index (χ4v) is 1.83. The van der Waals surface area contributed by atoms with E-state index in [1.165, 1.54) is 0 Å². The van der Waals surface area contributed by atoms with E-state index in [0.717, 1.165) is 5.56 Å². The lowest BCUT2D eigenvalue weighted by molar-refractivity contribution is -0.152. The molecule has 0 saturated carbocycles. The van der Waals surface area contributed by atoms with Gasteiger partial charge in [-0.2, -0.15) is 13.2 Å². The molecule has 1 unspecified atom stereocenters. The molecule has 0 heterocycles. The minimum absolute atomic E-state index is 0.173. The van der Waals surface area contributed by atoms with E-state index in [1.807, 2.05) is 26.0 Å². The van der Waals surface area contributed by atoms with E-state index in [9.17, 15) is 13.2 Å². The number of amidine groups is 1. The summed E-state index contributed by atoms with van der Waals surface area (Å²) in [5.41, 5.74) is 6.63. The van der Waals surface area contributed by atoms with Crippen LogP contribution in [0, 0.1) is 5.92 Å². The number of halogens is 3. The Kier molecular flexibility index (Phi) is 5.24. The minimum Gasteiger partial charge on any atom is -0.409 e. The zero-order valence-electron chi connectivity index (χ0n) is 11.3. The predicted molar refractivity (Wildman–Crippen MR) is 72.0 cm³/mol. The molecule has 4 nitrogen and oxygen atoms in total. The Balaban J connectivity index is 2.89. The summed E-state index contributed by atoms with van der Waals surface area (Å²) in [6.07, 6.45) is -4.57. The lowest BCUT2D eigenvalue weighted by atomic mass is 10.0. The third-order valence-corrected chi connectivity index (χ3v) is 2.95. The van der Waals surface area contributed by atoms with Gasteiger partial charge in [-0.25, -0.2) is 0 Å². The molecule has 0 aliphatic heterocycles. The first-order valence-electron chi connectivity index (χ1n) is 6.14. The maximum absolute atomic E-state index is 12.8. The van der Waals surface area contributed by atoms with Gasteiger partial charge in [0.2, 0.25) is 0 Å². The Morgan fingerprint density at radius 1 is 1.35 bits per heavy atom. The predicted octanol–water partition coefficient (Wildman–Crippen LogP) is 3.15. The summed E-state index contributed by atoms with van der Waals surface area (Å²) in [6, 6.07) is 7.11. The van der Waals surface area contributed by atoms with E-state index in [0.29, 0.717) is 5.69 Å². The Hall–Kier alpha value is -1.92. The van der Waals surface area contributed by atoms with Crippen LogP contribution in [0.1, 0.15) is 25.3 Å². The molecule has 0 aliphatic rings. The summed E-state index contributed by atoms with van der Waals surface area (Å²) in [5, 5.41) is 13.6. The van der Waals surface area contributed by atoms with Gasteiger partial charge in [0.15, 0.2) is 5.84 Å². The van der Waals surface area contributed by atoms with Gasteiger partial charge in [-0.1, -0.05) is 37.2 Å². The van der Waals surface area contributed by atoms with Crippen molar-refractivity contribution in [2.45, 2.75) is 25.9 Å². The van der Waals surface area contributed by atoms with Crippen molar-refractivity contribution in [3.63, 3.8) is 0 Å². The first-order valence-corrected chi connectivity index (χ1v) is 6.14. The fourth-order valence-electron chi connectivity index (χ4n) is 1.83. The largest absolute Gasteiger partial charge is 0.409 e. The molecule has 0 fully saturated rings. The summed E-state index contributed by atoms with van der Waals surface area (Å²) in [4.78, 5) is 0. The summed E-state index contributed by atoms with van der Waals surface area (Å²) >= 11 is 0. The summed E-state index contributed by atoms with van der Waals surface area (Å²) in [5.74, 6) is -2.72. The lowest BCUT2D eigenvalue weighted by Crippen LogP contribution is -2.40. The van der Waals surface area contributed by atoms with Gasteiger partial charge in [0.05, 0.1) is 0 Å². The average Bonchev–Trinajstić information content (AvgIpc) is 2.37. The van der Waals surface area contributed by atoms with E-state index < -0.39 is 24.5 Å². The van der Waals surface area contributed by atoms with Gasteiger partial charge in [0, 0.05) is 12.2 Å². The SMILES string of the molecule is CC(C)c1ccccc1NCC(/C(N)=N/O)C(F)(F)F. The van der Waals surface area contributed by atoms with Gasteiger partial charge in [-0.3, -0.25) is 0 Å². The molecule has 7 heteroatoms. The van der Waals surface area contributed by atoms with Gasteiger partial charge < -0.3 is 16.3 Å². The number of oxime groups is 1. The van der Waals surface area contributed by atoms with Crippen molar-refractivity contribution in [3.05, 3.63) is 29.8 Å². The van der Waals surface area contributed by atoms with Crippen LogP contribution in [0.3, 0.4) is 0 Å². The van der Waals surface area contributed by atoms with Crippen LogP contribution in [0.5, 0.6) is 0 Å². The molecule has 0 aromatic heterocycles. The molecule has 0 aliphatic carbocycles. The number of para-hydroxylation sites is 1. The van der Waals surface area contributed by atoms with E-state index in [2.05, 4.69) is 10.5 Å². The van der Waals surface area contributed by atoms with Crippen LogP contribution in [0.25, 0.3) is 0 Å². The fraction of sp³-hybridized carbons (Fsp3) is 0.462. The van der Waals surface area contributed by atoms with Crippen LogP contribution < -0.4 is 11.1 Å². The molecule has 112 valence electrons. The molecule has 1 atom stereocenters. The normalized spacial score (nSPS) is 14.4. The average molecular weight is 289 g/mol. The molecular formula is C13H18F3N3O. The first kappa shape index (κ1) is 16.1. The molecule has 20 heavy (non-hydrogen) atoms. The second kappa shape index (κ2) is 6.49. The quantitative estimate of drug-likeness (QED) is 0.337. The van der Waals surface area contributed by atoms with Crippen molar-refractivity contribution >= 4 is 11.5 Å². The molecule has 0 amide bonds. The number of hydrogen-bond donors (Lipinski definition) is 3. The molecule has 1 aromatic rings. The highest BCUT2D eigenvalue weighted by atomic mass is 19.4. The zero-order chi connectivity index (χ0) is 15.3. The van der Waals surface area contributed by atoms with Crippen LogP contribution in [-0.4, -0.2) is 23.8 Å². The maximum Gasteiger partial charge on any atom is 0.400 e. The number of hydrogen-bond acceptors (Lipinski definition) is 3. The van der Waals surface area contributed by atoms with Gasteiger partial charge in [0.1, 0.15) is 5.92 Å². The van der Waals surface area contributed by atoms with Crippen LogP contribution >= 0.6 is 0 Å². The minimum atomic E-state index is -4.57. The molecule has 0 radical (unpaired) electrons. The first-order chi connectivity index (χ1) is 9.27. The molecule has 1 aromatic carbocycles. The zero-order valence-corrected chi connectivity index (χ0v) is 11.3. The molecular weight excluding hydrogens is 271 g/mol. The second-order valence-corrected chi connectivity index (χ2v) is 4.74. The third-order valence-electron chi connectivity index (χ3n) is 2.95. The van der Waals surface area contributed by atoms with Crippen LogP contribution in [0.15, 0.2) is 29.4 Å². The number of nitrogens with zero attached hydrogens (tertiary/aromatic N) is 1. The third kappa shape index (κ3) is 4.04. The highest BCUT2D eigenvalue weighted by Crippen LogP contribution is 2.28. The van der Waals surface area contributed by atoms with Crippen molar-refractivity contribution in [1.82, 2.24) is 0 Å². The Labute approximate surface area is 115 Å². The summed E-state index contributed by atoms with van der Waals surface area (Å²) in [7, 11) is 0. The van der Waals surface area contributed by atoms with Gasteiger partial charge >= 0.3 is 6.18 Å². The van der Waals surface area contributed by atoms with E-state index in [-0.39, 0.29) is 5.92 Å². The molecule has 0 saturated heterocycles. The van der Waals surface area contributed by atoms with Crippen molar-refractivity contribution in [1.29, 1.82) is 0 Å². The number of anilines is 1. The molecule has 4 N–H and O–H groups in total. The number of alkyl halides is 3. The second-order valence-electron chi connectivity index (χ2n) is 4.74. The van der Waals surface area contributed by atoms with E-state index in [4.69, 9.17) is 10.9 Å². The highest BCUT2D eigenvalue weighted by Gasteiger charge is 2.42. The van der Waals surface area contributed by atoms with Crippen molar-refractivity contribution in [3.8, 4) is 0 Å². The van der Waals surface area contributed by atoms with Gasteiger partial charge in [-0.15, -0.1) is 0 Å². The van der Waals surface area contributed by atoms with E-state index >= 15 is 0 Å². The molecule has 1 rings (SSSR count). The Morgan fingerprint density at radius 2 is 1.95 bits per heavy atom. The Bertz CT molecular complexity index is 472. The number of nitrogens with two attached hydrogens (primary N) is 1. The number of rotatable bonds is 5. The molecule has 0 bridgehead atoms. The Morgan fingerprint density at radius 3 is 2.45 bits per heavy atom. The lowest BCUT2D eigenvalue weighted by Gasteiger charge is -2.21. The van der Waals surface area contributed by atoms with Crippen molar-refractivity contribution < 1.29 is 18.4 Å².